The molecular weight excluding hydrogens is 414 g/mol. The largest absolute Gasteiger partial charge is 0.493 e. The molecule has 0 bridgehead atoms. The molecular formula is C26H25N5O2. The number of para-hydroxylation sites is 1. The first kappa shape index (κ1) is 21.0. The summed E-state index contributed by atoms with van der Waals surface area (Å²) in [6.45, 7) is 1.43. The fourth-order valence-electron chi connectivity index (χ4n) is 4.54. The molecule has 33 heavy (non-hydrogen) atoms. The highest BCUT2D eigenvalue weighted by Crippen LogP contribution is 2.40. The summed E-state index contributed by atoms with van der Waals surface area (Å²) in [5.41, 5.74) is 2.80. The first-order valence-corrected chi connectivity index (χ1v) is 11.2. The normalized spacial score (nSPS) is 17.0. The summed E-state index contributed by atoms with van der Waals surface area (Å²) in [6, 6.07) is 20.8. The van der Waals surface area contributed by atoms with Crippen molar-refractivity contribution in [2.75, 3.05) is 6.54 Å². The van der Waals surface area contributed by atoms with Crippen LogP contribution in [-0.2, 0) is 6.67 Å². The number of aromatic nitrogens is 2. The van der Waals surface area contributed by atoms with Gasteiger partial charge >= 0.3 is 0 Å². The molecule has 5 rings (SSSR count). The van der Waals surface area contributed by atoms with Crippen molar-refractivity contribution in [1.29, 1.82) is 0 Å². The molecule has 0 aliphatic carbocycles. The molecule has 1 N–H and O–H groups in total. The Hall–Kier alpha value is -3.84. The van der Waals surface area contributed by atoms with Gasteiger partial charge in [0.1, 0.15) is 0 Å². The zero-order chi connectivity index (χ0) is 22.6. The number of hydrogen-bond donors (Lipinski definition) is 1. The summed E-state index contributed by atoms with van der Waals surface area (Å²) in [5.74, 6) is -0.434. The molecule has 1 fully saturated rings. The van der Waals surface area contributed by atoms with Crippen molar-refractivity contribution in [3.8, 4) is 5.88 Å². The Morgan fingerprint density at radius 2 is 1.85 bits per heavy atom. The second-order valence-electron chi connectivity index (χ2n) is 8.24. The number of benzene rings is 2. The first-order valence-electron chi connectivity index (χ1n) is 11.2. The number of amides is 1. The van der Waals surface area contributed by atoms with Crippen LogP contribution in [0.15, 0.2) is 89.4 Å². The fraction of sp³-hybridized carbons (Fsp3) is 0.231. The van der Waals surface area contributed by atoms with Crippen molar-refractivity contribution in [2.24, 2.45) is 10.2 Å². The molecule has 166 valence electrons. The third-order valence-corrected chi connectivity index (χ3v) is 6.18. The predicted octanol–water partition coefficient (Wildman–Crippen LogP) is 5.85. The molecule has 7 heteroatoms. The maximum atomic E-state index is 12.4. The van der Waals surface area contributed by atoms with Crippen molar-refractivity contribution >= 4 is 22.5 Å². The average molecular weight is 440 g/mol. The molecule has 4 aromatic rings. The number of nitrogens with zero attached hydrogens (tertiary/aromatic N) is 5. The number of azo groups is 1. The Bertz CT molecular complexity index is 1280. The fourth-order valence-corrected chi connectivity index (χ4v) is 4.54. The standard InChI is InChI=1S/C26H25N5O2/c32-25(19-9-2-1-3-10-19)29-28-24-21-12-4-5-14-23(21)31(26(24)33)18-30-16-7-6-13-22(30)20-11-8-15-27-17-20/h1-5,8-12,14-15,17,22,33H,6-7,13,16,18H2. The van der Waals surface area contributed by atoms with E-state index >= 15 is 0 Å². The molecule has 3 heterocycles. The van der Waals surface area contributed by atoms with Gasteiger partial charge in [-0.25, -0.2) is 0 Å². The van der Waals surface area contributed by atoms with Crippen LogP contribution in [-0.4, -0.2) is 32.0 Å². The molecule has 1 amide bonds. The minimum absolute atomic E-state index is 0.0105. The van der Waals surface area contributed by atoms with Gasteiger partial charge in [0.15, 0.2) is 5.69 Å². The summed E-state index contributed by atoms with van der Waals surface area (Å²) in [5, 5.41) is 20.0. The van der Waals surface area contributed by atoms with Crippen LogP contribution in [0.5, 0.6) is 5.88 Å². The predicted molar refractivity (Wildman–Crippen MR) is 126 cm³/mol. The molecule has 1 unspecified atom stereocenters. The van der Waals surface area contributed by atoms with Gasteiger partial charge in [0.25, 0.3) is 5.91 Å². The minimum atomic E-state index is -0.445. The summed E-state index contributed by atoms with van der Waals surface area (Å²) in [6.07, 6.45) is 7.02. The highest BCUT2D eigenvalue weighted by atomic mass is 16.3. The zero-order valence-electron chi connectivity index (χ0n) is 18.2. The van der Waals surface area contributed by atoms with Gasteiger partial charge in [-0.2, -0.15) is 0 Å². The van der Waals surface area contributed by atoms with Crippen molar-refractivity contribution in [3.63, 3.8) is 0 Å². The lowest BCUT2D eigenvalue weighted by atomic mass is 9.97. The SMILES string of the molecule is O=C(N=Nc1c(O)n(CN2CCCCC2c2cccnc2)c2ccccc12)c1ccccc1. The van der Waals surface area contributed by atoms with Crippen molar-refractivity contribution < 1.29 is 9.90 Å². The number of rotatable bonds is 5. The highest BCUT2D eigenvalue weighted by Gasteiger charge is 2.26. The number of likely N-dealkylation sites (tertiary alicyclic amines) is 1. The second kappa shape index (κ2) is 9.34. The van der Waals surface area contributed by atoms with Crippen LogP contribution in [0, 0.1) is 0 Å². The van der Waals surface area contributed by atoms with E-state index in [1.165, 1.54) is 5.56 Å². The quantitative estimate of drug-likeness (QED) is 0.395. The lowest BCUT2D eigenvalue weighted by Crippen LogP contribution is -2.34. The summed E-state index contributed by atoms with van der Waals surface area (Å²) in [4.78, 5) is 19.1. The van der Waals surface area contributed by atoms with Gasteiger partial charge in [-0.05, 0) is 42.7 Å². The van der Waals surface area contributed by atoms with Crippen LogP contribution in [0.25, 0.3) is 10.9 Å². The van der Waals surface area contributed by atoms with Gasteiger partial charge in [-0.3, -0.25) is 19.2 Å². The molecule has 2 aromatic heterocycles. The number of pyridine rings is 1. The van der Waals surface area contributed by atoms with Crippen LogP contribution in [0.3, 0.4) is 0 Å². The molecule has 0 spiro atoms. The Labute approximate surface area is 192 Å². The van der Waals surface area contributed by atoms with Gasteiger partial charge in [0, 0.05) is 35.9 Å². The van der Waals surface area contributed by atoms with Gasteiger partial charge in [-0.1, -0.05) is 48.9 Å². The lowest BCUT2D eigenvalue weighted by Gasteiger charge is -2.36. The number of carbonyl (C=O) groups excluding carboxylic acids is 1. The van der Waals surface area contributed by atoms with E-state index in [4.69, 9.17) is 0 Å². The smallest absolute Gasteiger partial charge is 0.295 e. The number of piperidine rings is 1. The number of hydrogen-bond acceptors (Lipinski definition) is 5. The first-order chi connectivity index (χ1) is 16.2. The van der Waals surface area contributed by atoms with Crippen molar-refractivity contribution in [1.82, 2.24) is 14.5 Å². The van der Waals surface area contributed by atoms with Crippen molar-refractivity contribution in [3.05, 3.63) is 90.3 Å². The Kier molecular flexibility index (Phi) is 5.95. The van der Waals surface area contributed by atoms with Gasteiger partial charge in [0.05, 0.1) is 12.2 Å². The molecule has 1 aliphatic heterocycles. The van der Waals surface area contributed by atoms with E-state index in [0.717, 1.165) is 36.7 Å². The highest BCUT2D eigenvalue weighted by molar-refractivity contribution is 5.97. The van der Waals surface area contributed by atoms with Crippen LogP contribution in [0.1, 0.15) is 41.2 Å². The van der Waals surface area contributed by atoms with Crippen LogP contribution >= 0.6 is 0 Å². The Morgan fingerprint density at radius 1 is 1.03 bits per heavy atom. The monoisotopic (exact) mass is 439 g/mol. The van der Waals surface area contributed by atoms with Gasteiger partial charge < -0.3 is 5.11 Å². The number of aromatic hydroxyl groups is 1. The minimum Gasteiger partial charge on any atom is -0.493 e. The Balaban J connectivity index is 1.48. The average Bonchev–Trinajstić information content (AvgIpc) is 3.14. The molecule has 1 saturated heterocycles. The molecule has 0 saturated carbocycles. The van der Waals surface area contributed by atoms with Crippen LogP contribution in [0.4, 0.5) is 5.69 Å². The molecule has 7 nitrogen and oxygen atoms in total. The van der Waals surface area contributed by atoms with Gasteiger partial charge in [-0.15, -0.1) is 10.2 Å². The van der Waals surface area contributed by atoms with E-state index in [2.05, 4.69) is 26.2 Å². The van der Waals surface area contributed by atoms with Crippen molar-refractivity contribution in [2.45, 2.75) is 32.0 Å². The summed E-state index contributed by atoms with van der Waals surface area (Å²) in [7, 11) is 0. The maximum absolute atomic E-state index is 12.4. The van der Waals surface area contributed by atoms with E-state index < -0.39 is 5.91 Å². The lowest BCUT2D eigenvalue weighted by molar-refractivity contribution is 0.0995. The molecule has 1 aliphatic rings. The maximum Gasteiger partial charge on any atom is 0.295 e. The summed E-state index contributed by atoms with van der Waals surface area (Å²) < 4.78 is 1.85. The second-order valence-corrected chi connectivity index (χ2v) is 8.24. The summed E-state index contributed by atoms with van der Waals surface area (Å²) >= 11 is 0. The van der Waals surface area contributed by atoms with Crippen LogP contribution in [0.2, 0.25) is 0 Å². The molecule has 2 aromatic carbocycles. The third kappa shape index (κ3) is 4.27. The molecule has 0 radical (unpaired) electrons. The zero-order valence-corrected chi connectivity index (χ0v) is 18.2. The van der Waals surface area contributed by atoms with E-state index in [1.807, 2.05) is 47.2 Å². The van der Waals surface area contributed by atoms with E-state index in [0.29, 0.717) is 17.9 Å². The van der Waals surface area contributed by atoms with E-state index in [9.17, 15) is 9.90 Å². The van der Waals surface area contributed by atoms with Gasteiger partial charge in [0.2, 0.25) is 5.88 Å². The number of carbonyl (C=O) groups is 1. The Morgan fingerprint density at radius 3 is 2.67 bits per heavy atom. The topological polar surface area (TPSA) is 83.1 Å². The van der Waals surface area contributed by atoms with Crippen LogP contribution < -0.4 is 0 Å². The van der Waals surface area contributed by atoms with E-state index in [-0.39, 0.29) is 11.9 Å². The molecule has 1 atom stereocenters. The third-order valence-electron chi connectivity index (χ3n) is 6.18. The van der Waals surface area contributed by atoms with E-state index in [1.54, 1.807) is 30.5 Å². The number of fused-ring (bicyclic) bond motifs is 1.